The predicted molar refractivity (Wildman–Crippen MR) is 71.8 cm³/mol. The smallest absolute Gasteiger partial charge is 0.276 e. The molecule has 1 aromatic heterocycles. The van der Waals surface area contributed by atoms with Crippen molar-refractivity contribution in [3.8, 4) is 0 Å². The van der Waals surface area contributed by atoms with Crippen molar-refractivity contribution in [3.63, 3.8) is 0 Å². The van der Waals surface area contributed by atoms with Crippen LogP contribution in [-0.2, 0) is 11.2 Å². The molecule has 1 atom stereocenters. The van der Waals surface area contributed by atoms with E-state index in [0.29, 0.717) is 5.69 Å². The molecular weight excluding hydrogens is 248 g/mol. The van der Waals surface area contributed by atoms with Crippen LogP contribution in [0.1, 0.15) is 29.5 Å². The number of methoxy groups -OCH3 is 1. The third kappa shape index (κ3) is 3.93. The summed E-state index contributed by atoms with van der Waals surface area (Å²) in [5.41, 5.74) is 7.26. The summed E-state index contributed by atoms with van der Waals surface area (Å²) in [6, 6.07) is 0. The summed E-state index contributed by atoms with van der Waals surface area (Å²) in [6.07, 6.45) is 0.944. The maximum absolute atomic E-state index is 12.1. The summed E-state index contributed by atoms with van der Waals surface area (Å²) in [4.78, 5) is 13.5. The lowest BCUT2D eigenvalue weighted by atomic mass is 10.2. The number of aromatic nitrogens is 2. The maximum atomic E-state index is 12.1. The van der Waals surface area contributed by atoms with E-state index in [2.05, 4.69) is 10.2 Å². The molecule has 0 radical (unpaired) electrons. The highest BCUT2D eigenvalue weighted by Gasteiger charge is 2.21. The molecule has 7 nitrogen and oxygen atoms in total. The Morgan fingerprint density at radius 3 is 2.89 bits per heavy atom. The Kier molecular flexibility index (Phi) is 5.78. The summed E-state index contributed by atoms with van der Waals surface area (Å²) in [7, 11) is 3.09. The van der Waals surface area contributed by atoms with Crippen molar-refractivity contribution < 1.29 is 14.6 Å². The monoisotopic (exact) mass is 270 g/mol. The van der Waals surface area contributed by atoms with E-state index in [1.165, 1.54) is 12.0 Å². The van der Waals surface area contributed by atoms with E-state index in [1.54, 1.807) is 7.05 Å². The Hall–Kier alpha value is -1.60. The Bertz CT molecular complexity index is 419. The molecule has 7 heteroatoms. The van der Waals surface area contributed by atoms with E-state index in [9.17, 15) is 9.90 Å². The number of hydrogen-bond acceptors (Lipinski definition) is 5. The summed E-state index contributed by atoms with van der Waals surface area (Å²) in [5.74, 6) is -0.314. The molecule has 0 bridgehead atoms. The number of hydrogen-bond donors (Lipinski definition) is 3. The van der Waals surface area contributed by atoms with Gasteiger partial charge in [-0.3, -0.25) is 9.89 Å². The molecule has 0 aliphatic heterocycles. The fourth-order valence-electron chi connectivity index (χ4n) is 1.82. The quantitative estimate of drug-likeness (QED) is 0.648. The molecule has 4 N–H and O–H groups in total. The average Bonchev–Trinajstić information content (AvgIpc) is 2.71. The Balaban J connectivity index is 2.71. The van der Waals surface area contributed by atoms with Crippen LogP contribution in [0.25, 0.3) is 0 Å². The number of ether oxygens (including phenoxy) is 1. The number of aryl methyl sites for hydroxylation is 1. The summed E-state index contributed by atoms with van der Waals surface area (Å²) in [5, 5.41) is 16.3. The number of H-pyrrole nitrogens is 1. The van der Waals surface area contributed by atoms with E-state index in [1.807, 2.05) is 6.92 Å². The first kappa shape index (κ1) is 15.5. The van der Waals surface area contributed by atoms with Crippen LogP contribution in [-0.4, -0.2) is 59.5 Å². The molecule has 0 spiro atoms. The van der Waals surface area contributed by atoms with Crippen molar-refractivity contribution in [2.24, 2.45) is 0 Å². The molecule has 0 aliphatic carbocycles. The fourth-order valence-corrected chi connectivity index (χ4v) is 1.82. The fraction of sp³-hybridized carbons (Fsp3) is 0.667. The van der Waals surface area contributed by atoms with Gasteiger partial charge in [0.15, 0.2) is 5.69 Å². The lowest BCUT2D eigenvalue weighted by molar-refractivity contribution is 0.0378. The summed E-state index contributed by atoms with van der Waals surface area (Å²) < 4.78 is 4.82. The predicted octanol–water partition coefficient (Wildman–Crippen LogP) is 0.0237. The molecule has 0 saturated carbocycles. The molecule has 19 heavy (non-hydrogen) atoms. The second-order valence-corrected chi connectivity index (χ2v) is 4.51. The van der Waals surface area contributed by atoms with Gasteiger partial charge in [0.05, 0.1) is 24.1 Å². The molecule has 1 aromatic rings. The molecular formula is C12H22N4O3. The van der Waals surface area contributed by atoms with Gasteiger partial charge in [-0.1, -0.05) is 13.3 Å². The van der Waals surface area contributed by atoms with Crippen LogP contribution in [0.5, 0.6) is 0 Å². The summed E-state index contributed by atoms with van der Waals surface area (Å²) >= 11 is 0. The second kappa shape index (κ2) is 7.10. The second-order valence-electron chi connectivity index (χ2n) is 4.51. The number of nitrogens with zero attached hydrogens (tertiary/aromatic N) is 2. The number of carbonyl (C=O) groups is 1. The van der Waals surface area contributed by atoms with Gasteiger partial charge in [-0.05, 0) is 6.42 Å². The topological polar surface area (TPSA) is 104 Å². The number of nitrogen functional groups attached to an aromatic ring is 1. The first-order chi connectivity index (χ1) is 9.01. The molecule has 0 aliphatic rings. The van der Waals surface area contributed by atoms with E-state index >= 15 is 0 Å². The van der Waals surface area contributed by atoms with Crippen molar-refractivity contribution in [1.29, 1.82) is 0 Å². The van der Waals surface area contributed by atoms with Gasteiger partial charge in [-0.25, -0.2) is 0 Å². The standard InChI is InChI=1S/C12H22N4O3/c1-4-5-9-10(13)11(15-14-9)12(18)16(2)6-8(17)7-19-3/h8,17H,4-7,13H2,1-3H3,(H,14,15). The molecule has 108 valence electrons. The van der Waals surface area contributed by atoms with Gasteiger partial charge < -0.3 is 20.5 Å². The molecule has 1 amide bonds. The largest absolute Gasteiger partial charge is 0.395 e. The van der Waals surface area contributed by atoms with E-state index in [4.69, 9.17) is 10.5 Å². The van der Waals surface area contributed by atoms with Gasteiger partial charge in [-0.2, -0.15) is 5.10 Å². The number of nitrogens with two attached hydrogens (primary N) is 1. The van der Waals surface area contributed by atoms with Crippen LogP contribution in [0.2, 0.25) is 0 Å². The molecule has 0 aromatic carbocycles. The minimum absolute atomic E-state index is 0.169. The minimum Gasteiger partial charge on any atom is -0.395 e. The molecule has 1 rings (SSSR count). The number of likely N-dealkylation sites (N-methyl/N-ethyl adjacent to an activating group) is 1. The number of rotatable bonds is 7. The molecule has 1 heterocycles. The maximum Gasteiger partial charge on any atom is 0.276 e. The van der Waals surface area contributed by atoms with Gasteiger partial charge in [-0.15, -0.1) is 0 Å². The molecule has 0 saturated heterocycles. The van der Waals surface area contributed by atoms with Crippen LogP contribution in [0, 0.1) is 0 Å². The van der Waals surface area contributed by atoms with Crippen molar-refractivity contribution in [2.45, 2.75) is 25.9 Å². The third-order valence-electron chi connectivity index (χ3n) is 2.78. The van der Waals surface area contributed by atoms with Crippen LogP contribution >= 0.6 is 0 Å². The van der Waals surface area contributed by atoms with Gasteiger partial charge in [0.2, 0.25) is 0 Å². The lowest BCUT2D eigenvalue weighted by Crippen LogP contribution is -2.36. The number of amides is 1. The van der Waals surface area contributed by atoms with Crippen LogP contribution < -0.4 is 5.73 Å². The van der Waals surface area contributed by atoms with Crippen LogP contribution in [0.4, 0.5) is 5.69 Å². The van der Waals surface area contributed by atoms with Crippen molar-refractivity contribution in [3.05, 3.63) is 11.4 Å². The zero-order valence-electron chi connectivity index (χ0n) is 11.6. The number of aromatic amines is 1. The van der Waals surface area contributed by atoms with E-state index < -0.39 is 6.10 Å². The highest BCUT2D eigenvalue weighted by Crippen LogP contribution is 2.17. The Labute approximate surface area is 112 Å². The number of aliphatic hydroxyl groups is 1. The van der Waals surface area contributed by atoms with E-state index in [0.717, 1.165) is 18.5 Å². The first-order valence-electron chi connectivity index (χ1n) is 6.26. The summed E-state index contributed by atoms with van der Waals surface area (Å²) in [6.45, 7) is 2.37. The number of aliphatic hydroxyl groups excluding tert-OH is 1. The molecule has 1 unspecified atom stereocenters. The number of nitrogens with one attached hydrogen (secondary N) is 1. The SMILES string of the molecule is CCCc1[nH]nc(C(=O)N(C)CC(O)COC)c1N. The van der Waals surface area contributed by atoms with Crippen molar-refractivity contribution in [2.75, 3.05) is 33.0 Å². The normalized spacial score (nSPS) is 12.4. The number of carbonyl (C=O) groups excluding carboxylic acids is 1. The highest BCUT2D eigenvalue weighted by atomic mass is 16.5. The number of anilines is 1. The Morgan fingerprint density at radius 1 is 1.63 bits per heavy atom. The first-order valence-corrected chi connectivity index (χ1v) is 6.26. The minimum atomic E-state index is -0.728. The third-order valence-corrected chi connectivity index (χ3v) is 2.78. The van der Waals surface area contributed by atoms with Gasteiger partial charge >= 0.3 is 0 Å². The highest BCUT2D eigenvalue weighted by molar-refractivity contribution is 5.97. The zero-order chi connectivity index (χ0) is 14.4. The molecule has 0 fully saturated rings. The lowest BCUT2D eigenvalue weighted by Gasteiger charge is -2.19. The average molecular weight is 270 g/mol. The van der Waals surface area contributed by atoms with Crippen LogP contribution in [0.15, 0.2) is 0 Å². The van der Waals surface area contributed by atoms with Gasteiger partial charge in [0.25, 0.3) is 5.91 Å². The Morgan fingerprint density at radius 2 is 2.32 bits per heavy atom. The van der Waals surface area contributed by atoms with Gasteiger partial charge in [0, 0.05) is 20.7 Å². The zero-order valence-corrected chi connectivity index (χ0v) is 11.6. The van der Waals surface area contributed by atoms with Gasteiger partial charge in [0.1, 0.15) is 0 Å². The van der Waals surface area contributed by atoms with Crippen LogP contribution in [0.3, 0.4) is 0 Å². The van der Waals surface area contributed by atoms with Crippen molar-refractivity contribution >= 4 is 11.6 Å². The van der Waals surface area contributed by atoms with Crippen molar-refractivity contribution in [1.82, 2.24) is 15.1 Å². The van der Waals surface area contributed by atoms with E-state index in [-0.39, 0.29) is 24.8 Å².